The number of nitro benzene ring substituents is 1. The van der Waals surface area contributed by atoms with Crippen molar-refractivity contribution in [3.63, 3.8) is 0 Å². The second-order valence-corrected chi connectivity index (χ2v) is 7.63. The van der Waals surface area contributed by atoms with Crippen LogP contribution in [-0.4, -0.2) is 10.9 Å². The van der Waals surface area contributed by atoms with Crippen LogP contribution < -0.4 is 0 Å². The zero-order valence-corrected chi connectivity index (χ0v) is 16.4. The average molecular weight is 367 g/mol. The summed E-state index contributed by atoms with van der Waals surface area (Å²) in [6.45, 7) is 10.8. The van der Waals surface area contributed by atoms with Crippen LogP contribution in [0, 0.1) is 24.0 Å². The third-order valence-electron chi connectivity index (χ3n) is 4.44. The van der Waals surface area contributed by atoms with Crippen molar-refractivity contribution < 1.29 is 14.5 Å². The smallest absolute Gasteiger partial charge is 0.331 e. The standard InChI is InChI=1S/C22H25NO4/c1-15-12-18(22(3,4)5)13-16(2)20(15)14-27-21(24)11-8-17-6-9-19(10-7-17)23(25)26/h6-13H,14H2,1-5H3. The number of hydrogen-bond donors (Lipinski definition) is 0. The van der Waals surface area contributed by atoms with E-state index in [1.165, 1.54) is 23.8 Å². The predicted octanol–water partition coefficient (Wildman–Crippen LogP) is 5.27. The number of non-ortho nitro benzene ring substituents is 1. The van der Waals surface area contributed by atoms with Gasteiger partial charge in [-0.25, -0.2) is 4.79 Å². The van der Waals surface area contributed by atoms with Crippen molar-refractivity contribution in [3.8, 4) is 0 Å². The molecule has 5 nitrogen and oxygen atoms in total. The molecule has 0 aliphatic carbocycles. The highest BCUT2D eigenvalue weighted by Gasteiger charge is 2.16. The van der Waals surface area contributed by atoms with Crippen LogP contribution in [0.3, 0.4) is 0 Å². The summed E-state index contributed by atoms with van der Waals surface area (Å²) >= 11 is 0. The molecule has 0 saturated heterocycles. The minimum atomic E-state index is -0.461. The number of hydrogen-bond acceptors (Lipinski definition) is 4. The first-order valence-electron chi connectivity index (χ1n) is 8.78. The molecule has 0 N–H and O–H groups in total. The van der Waals surface area contributed by atoms with Crippen LogP contribution >= 0.6 is 0 Å². The fraction of sp³-hybridized carbons (Fsp3) is 0.318. The molecule has 0 aromatic heterocycles. The summed E-state index contributed by atoms with van der Waals surface area (Å²) in [6.07, 6.45) is 2.91. The first-order chi connectivity index (χ1) is 12.6. The average Bonchev–Trinajstić information content (AvgIpc) is 2.58. The van der Waals surface area contributed by atoms with Crippen LogP contribution in [-0.2, 0) is 21.6 Å². The molecule has 2 aromatic carbocycles. The number of esters is 1. The number of carbonyl (C=O) groups is 1. The summed E-state index contributed by atoms with van der Waals surface area (Å²) in [5.74, 6) is -0.452. The van der Waals surface area contributed by atoms with Crippen LogP contribution in [0.15, 0.2) is 42.5 Å². The van der Waals surface area contributed by atoms with Gasteiger partial charge in [0.1, 0.15) is 6.61 Å². The molecule has 0 spiro atoms. The zero-order chi connectivity index (χ0) is 20.2. The molecule has 0 atom stereocenters. The van der Waals surface area contributed by atoms with Gasteiger partial charge in [-0.15, -0.1) is 0 Å². The molecule has 0 aliphatic rings. The van der Waals surface area contributed by atoms with Gasteiger partial charge < -0.3 is 4.74 Å². The van der Waals surface area contributed by atoms with Gasteiger partial charge in [0.2, 0.25) is 0 Å². The Morgan fingerprint density at radius 2 is 1.67 bits per heavy atom. The number of rotatable bonds is 5. The topological polar surface area (TPSA) is 69.4 Å². The quantitative estimate of drug-likeness (QED) is 0.313. The van der Waals surface area contributed by atoms with Crippen molar-refractivity contribution in [3.05, 3.63) is 80.4 Å². The monoisotopic (exact) mass is 367 g/mol. The lowest BCUT2D eigenvalue weighted by Crippen LogP contribution is -2.13. The molecule has 2 aromatic rings. The Kier molecular flexibility index (Phi) is 6.16. The lowest BCUT2D eigenvalue weighted by molar-refractivity contribution is -0.384. The Morgan fingerprint density at radius 1 is 1.11 bits per heavy atom. The van der Waals surface area contributed by atoms with Gasteiger partial charge in [0, 0.05) is 18.2 Å². The lowest BCUT2D eigenvalue weighted by Gasteiger charge is -2.22. The maximum Gasteiger partial charge on any atom is 0.331 e. The molecule has 0 unspecified atom stereocenters. The number of ether oxygens (including phenoxy) is 1. The summed E-state index contributed by atoms with van der Waals surface area (Å²) in [5, 5.41) is 10.6. The van der Waals surface area contributed by atoms with Gasteiger partial charge in [0.05, 0.1) is 4.92 Å². The fourth-order valence-corrected chi connectivity index (χ4v) is 2.72. The van der Waals surface area contributed by atoms with E-state index in [1.807, 2.05) is 13.8 Å². The van der Waals surface area contributed by atoms with Crippen molar-refractivity contribution in [1.29, 1.82) is 0 Å². The zero-order valence-electron chi connectivity index (χ0n) is 16.4. The van der Waals surface area contributed by atoms with Crippen molar-refractivity contribution in [2.75, 3.05) is 0 Å². The van der Waals surface area contributed by atoms with Gasteiger partial charge in [-0.3, -0.25) is 10.1 Å². The van der Waals surface area contributed by atoms with Crippen LogP contribution in [0.25, 0.3) is 6.08 Å². The van der Waals surface area contributed by atoms with Crippen molar-refractivity contribution in [2.45, 2.75) is 46.6 Å². The molecular weight excluding hydrogens is 342 g/mol. The van der Waals surface area contributed by atoms with E-state index in [2.05, 4.69) is 32.9 Å². The minimum absolute atomic E-state index is 0.0133. The summed E-state index contributed by atoms with van der Waals surface area (Å²) in [7, 11) is 0. The molecule has 0 fully saturated rings. The van der Waals surface area contributed by atoms with Gasteiger partial charge >= 0.3 is 5.97 Å². The highest BCUT2D eigenvalue weighted by atomic mass is 16.6. The number of benzene rings is 2. The van der Waals surface area contributed by atoms with E-state index in [-0.39, 0.29) is 17.7 Å². The molecule has 27 heavy (non-hydrogen) atoms. The largest absolute Gasteiger partial charge is 0.458 e. The fourth-order valence-electron chi connectivity index (χ4n) is 2.72. The van der Waals surface area contributed by atoms with Gasteiger partial charge in [-0.05, 0) is 65.3 Å². The maximum absolute atomic E-state index is 12.0. The predicted molar refractivity (Wildman–Crippen MR) is 107 cm³/mol. The van der Waals surface area contributed by atoms with E-state index in [4.69, 9.17) is 4.74 Å². The summed E-state index contributed by atoms with van der Waals surface area (Å²) in [4.78, 5) is 22.2. The van der Waals surface area contributed by atoms with Crippen LogP contribution in [0.5, 0.6) is 0 Å². The number of nitrogens with zero attached hydrogens (tertiary/aromatic N) is 1. The summed E-state index contributed by atoms with van der Waals surface area (Å²) in [5.41, 5.74) is 5.25. The highest BCUT2D eigenvalue weighted by molar-refractivity contribution is 5.87. The lowest BCUT2D eigenvalue weighted by atomic mass is 9.84. The molecule has 0 saturated carbocycles. The van der Waals surface area contributed by atoms with E-state index < -0.39 is 10.9 Å². The van der Waals surface area contributed by atoms with Crippen LogP contribution in [0.2, 0.25) is 0 Å². The van der Waals surface area contributed by atoms with Gasteiger partial charge in [0.25, 0.3) is 5.69 Å². The van der Waals surface area contributed by atoms with E-state index in [0.717, 1.165) is 16.7 Å². The van der Waals surface area contributed by atoms with E-state index in [0.29, 0.717) is 5.56 Å². The first-order valence-corrected chi connectivity index (χ1v) is 8.78. The Morgan fingerprint density at radius 3 is 2.15 bits per heavy atom. The number of nitro groups is 1. The third-order valence-corrected chi connectivity index (χ3v) is 4.44. The Balaban J connectivity index is 2.02. The Labute approximate surface area is 159 Å². The maximum atomic E-state index is 12.0. The molecule has 2 rings (SSSR count). The third kappa shape index (κ3) is 5.51. The molecule has 0 bridgehead atoms. The molecule has 0 aliphatic heterocycles. The molecule has 0 heterocycles. The van der Waals surface area contributed by atoms with Gasteiger partial charge in [-0.1, -0.05) is 32.9 Å². The first kappa shape index (κ1) is 20.4. The van der Waals surface area contributed by atoms with Gasteiger partial charge in [0.15, 0.2) is 0 Å². The second-order valence-electron chi connectivity index (χ2n) is 7.63. The molecule has 5 heteroatoms. The minimum Gasteiger partial charge on any atom is -0.458 e. The SMILES string of the molecule is Cc1cc(C(C)(C)C)cc(C)c1COC(=O)C=Cc1ccc([N+](=O)[O-])cc1. The number of carbonyl (C=O) groups excluding carboxylic acids is 1. The van der Waals surface area contributed by atoms with Crippen molar-refractivity contribution in [2.24, 2.45) is 0 Å². The molecule has 142 valence electrons. The molecule has 0 amide bonds. The van der Waals surface area contributed by atoms with E-state index in [1.54, 1.807) is 18.2 Å². The van der Waals surface area contributed by atoms with Gasteiger partial charge in [-0.2, -0.15) is 0 Å². The Hall–Kier alpha value is -2.95. The normalized spacial score (nSPS) is 11.6. The summed E-state index contributed by atoms with van der Waals surface area (Å²) < 4.78 is 5.36. The second kappa shape index (κ2) is 8.16. The van der Waals surface area contributed by atoms with Crippen LogP contribution in [0.4, 0.5) is 5.69 Å². The van der Waals surface area contributed by atoms with E-state index >= 15 is 0 Å². The van der Waals surface area contributed by atoms with E-state index in [9.17, 15) is 14.9 Å². The molecule has 0 radical (unpaired) electrons. The Bertz CT molecular complexity index is 851. The summed E-state index contributed by atoms with van der Waals surface area (Å²) in [6, 6.07) is 10.2. The van der Waals surface area contributed by atoms with Crippen LogP contribution in [0.1, 0.15) is 48.6 Å². The molecular formula is C22H25NO4. The van der Waals surface area contributed by atoms with Crippen molar-refractivity contribution >= 4 is 17.7 Å². The number of aryl methyl sites for hydroxylation is 2. The highest BCUT2D eigenvalue weighted by Crippen LogP contribution is 2.27. The van der Waals surface area contributed by atoms with Crippen molar-refractivity contribution in [1.82, 2.24) is 0 Å².